The van der Waals surface area contributed by atoms with E-state index in [4.69, 9.17) is 5.11 Å². The monoisotopic (exact) mass is 252 g/mol. The van der Waals surface area contributed by atoms with Crippen LogP contribution in [0.1, 0.15) is 29.6 Å². The van der Waals surface area contributed by atoms with E-state index in [0.29, 0.717) is 25.4 Å². The normalized spacial score (nSPS) is 19.9. The van der Waals surface area contributed by atoms with Crippen LogP contribution in [0.15, 0.2) is 18.3 Å². The Morgan fingerprint density at radius 2 is 2.44 bits per heavy atom. The Balaban J connectivity index is 2.07. The summed E-state index contributed by atoms with van der Waals surface area (Å²) >= 11 is 0. The van der Waals surface area contributed by atoms with Crippen LogP contribution < -0.4 is 0 Å². The molecule has 18 heavy (non-hydrogen) atoms. The zero-order chi connectivity index (χ0) is 13.0. The number of aliphatic hydroxyl groups is 1. The van der Waals surface area contributed by atoms with E-state index in [1.807, 2.05) is 0 Å². The van der Waals surface area contributed by atoms with Crippen molar-refractivity contribution in [1.82, 2.24) is 9.88 Å². The number of carbonyl (C=O) groups excluding carboxylic acids is 1. The predicted octanol–water partition coefficient (Wildman–Crippen LogP) is 1.46. The summed E-state index contributed by atoms with van der Waals surface area (Å²) in [5.74, 6) is -0.706. The number of hydrogen-bond donors (Lipinski definition) is 1. The molecule has 1 saturated heterocycles. The molecule has 0 saturated carbocycles. The fourth-order valence-electron chi connectivity index (χ4n) is 2.38. The molecular weight excluding hydrogens is 235 g/mol. The van der Waals surface area contributed by atoms with Gasteiger partial charge in [0.05, 0.1) is 5.56 Å². The number of pyridine rings is 1. The number of aromatic nitrogens is 1. The maximum Gasteiger partial charge on any atom is 0.258 e. The third kappa shape index (κ3) is 2.85. The first-order valence-electron chi connectivity index (χ1n) is 6.23. The van der Waals surface area contributed by atoms with E-state index in [1.165, 1.54) is 12.3 Å². The fourth-order valence-corrected chi connectivity index (χ4v) is 2.38. The van der Waals surface area contributed by atoms with Gasteiger partial charge in [0.25, 0.3) is 5.91 Å². The molecule has 0 bridgehead atoms. The smallest absolute Gasteiger partial charge is 0.258 e. The molecule has 1 N–H and O–H groups in total. The van der Waals surface area contributed by atoms with Crippen molar-refractivity contribution in [3.05, 3.63) is 29.8 Å². The van der Waals surface area contributed by atoms with E-state index in [2.05, 4.69) is 4.98 Å². The quantitative estimate of drug-likeness (QED) is 0.828. The molecular formula is C13H17FN2O2. The van der Waals surface area contributed by atoms with Gasteiger partial charge in [-0.25, -0.2) is 4.98 Å². The molecule has 1 aliphatic heterocycles. The van der Waals surface area contributed by atoms with E-state index < -0.39 is 5.95 Å². The van der Waals surface area contributed by atoms with Crippen molar-refractivity contribution in [2.45, 2.75) is 19.3 Å². The summed E-state index contributed by atoms with van der Waals surface area (Å²) in [4.78, 5) is 17.3. The minimum Gasteiger partial charge on any atom is -0.396 e. The highest BCUT2D eigenvalue weighted by Crippen LogP contribution is 2.21. The summed E-state index contributed by atoms with van der Waals surface area (Å²) in [6.07, 6.45) is 3.94. The molecule has 0 spiro atoms. The Morgan fingerprint density at radius 1 is 1.61 bits per heavy atom. The van der Waals surface area contributed by atoms with Crippen LogP contribution in [0.25, 0.3) is 0 Å². The van der Waals surface area contributed by atoms with Gasteiger partial charge in [0.1, 0.15) is 0 Å². The van der Waals surface area contributed by atoms with Gasteiger partial charge in [-0.15, -0.1) is 0 Å². The van der Waals surface area contributed by atoms with Crippen molar-refractivity contribution >= 4 is 5.91 Å². The molecule has 2 rings (SSSR count). The summed E-state index contributed by atoms with van der Waals surface area (Å²) in [5, 5.41) is 8.93. The average Bonchev–Trinajstić information content (AvgIpc) is 2.39. The van der Waals surface area contributed by atoms with Crippen molar-refractivity contribution < 1.29 is 14.3 Å². The number of piperidine rings is 1. The molecule has 1 amide bonds. The lowest BCUT2D eigenvalue weighted by molar-refractivity contribution is 0.0648. The zero-order valence-electron chi connectivity index (χ0n) is 10.2. The maximum absolute atomic E-state index is 13.4. The fraction of sp³-hybridized carbons (Fsp3) is 0.538. The van der Waals surface area contributed by atoms with Crippen LogP contribution in [-0.2, 0) is 0 Å². The molecule has 1 aliphatic rings. The second kappa shape index (κ2) is 5.91. The third-order valence-corrected chi connectivity index (χ3v) is 3.33. The molecule has 0 radical (unpaired) electrons. The molecule has 1 unspecified atom stereocenters. The Morgan fingerprint density at radius 3 is 3.17 bits per heavy atom. The van der Waals surface area contributed by atoms with Gasteiger partial charge in [-0.2, -0.15) is 4.39 Å². The number of carbonyl (C=O) groups is 1. The zero-order valence-corrected chi connectivity index (χ0v) is 10.2. The lowest BCUT2D eigenvalue weighted by Gasteiger charge is -2.32. The number of hydrogen-bond acceptors (Lipinski definition) is 3. The van der Waals surface area contributed by atoms with Crippen molar-refractivity contribution in [2.75, 3.05) is 19.7 Å². The maximum atomic E-state index is 13.4. The van der Waals surface area contributed by atoms with Crippen LogP contribution in [0.5, 0.6) is 0 Å². The Kier molecular flexibility index (Phi) is 4.25. The number of likely N-dealkylation sites (tertiary alicyclic amines) is 1. The number of rotatable bonds is 3. The Hall–Kier alpha value is -1.49. The molecule has 4 nitrogen and oxygen atoms in total. The molecule has 1 aromatic rings. The van der Waals surface area contributed by atoms with Gasteiger partial charge in [0.2, 0.25) is 5.95 Å². The van der Waals surface area contributed by atoms with Crippen LogP contribution in [0.2, 0.25) is 0 Å². The van der Waals surface area contributed by atoms with Crippen molar-refractivity contribution in [3.8, 4) is 0 Å². The molecule has 1 aromatic heterocycles. The lowest BCUT2D eigenvalue weighted by Crippen LogP contribution is -2.40. The van der Waals surface area contributed by atoms with Crippen LogP contribution in [0, 0.1) is 11.9 Å². The van der Waals surface area contributed by atoms with Gasteiger partial charge in [-0.05, 0) is 37.3 Å². The van der Waals surface area contributed by atoms with E-state index in [9.17, 15) is 9.18 Å². The summed E-state index contributed by atoms with van der Waals surface area (Å²) in [6, 6.07) is 3.02. The highest BCUT2D eigenvalue weighted by atomic mass is 19.1. The average molecular weight is 252 g/mol. The van der Waals surface area contributed by atoms with Gasteiger partial charge in [0, 0.05) is 25.9 Å². The van der Waals surface area contributed by atoms with Crippen molar-refractivity contribution in [2.24, 2.45) is 5.92 Å². The second-order valence-corrected chi connectivity index (χ2v) is 4.61. The SMILES string of the molecule is O=C(c1cccnc1F)N1CCCC(CCO)C1. The van der Waals surface area contributed by atoms with Crippen molar-refractivity contribution in [3.63, 3.8) is 0 Å². The first kappa shape index (κ1) is 13.0. The minimum atomic E-state index is -0.716. The van der Waals surface area contributed by atoms with Gasteiger partial charge >= 0.3 is 0 Å². The summed E-state index contributed by atoms with van der Waals surface area (Å²) < 4.78 is 13.4. The number of nitrogens with zero attached hydrogens (tertiary/aromatic N) is 2. The first-order valence-corrected chi connectivity index (χ1v) is 6.23. The minimum absolute atomic E-state index is 0.0298. The molecule has 5 heteroatoms. The molecule has 1 fully saturated rings. The molecule has 0 aliphatic carbocycles. The highest BCUT2D eigenvalue weighted by Gasteiger charge is 2.25. The lowest BCUT2D eigenvalue weighted by atomic mass is 9.95. The number of amides is 1. The second-order valence-electron chi connectivity index (χ2n) is 4.61. The molecule has 98 valence electrons. The van der Waals surface area contributed by atoms with E-state index in [1.54, 1.807) is 11.0 Å². The van der Waals surface area contributed by atoms with Gasteiger partial charge < -0.3 is 10.0 Å². The van der Waals surface area contributed by atoms with Crippen molar-refractivity contribution in [1.29, 1.82) is 0 Å². The highest BCUT2D eigenvalue weighted by molar-refractivity contribution is 5.94. The molecule has 1 atom stereocenters. The molecule has 2 heterocycles. The third-order valence-electron chi connectivity index (χ3n) is 3.33. The van der Waals surface area contributed by atoms with E-state index in [-0.39, 0.29) is 18.1 Å². The summed E-state index contributed by atoms with van der Waals surface area (Å²) in [7, 11) is 0. The Bertz CT molecular complexity index is 423. The van der Waals surface area contributed by atoms with Crippen LogP contribution >= 0.6 is 0 Å². The van der Waals surface area contributed by atoms with E-state index >= 15 is 0 Å². The standard InChI is InChI=1S/C13H17FN2O2/c14-12-11(4-1-6-15-12)13(18)16-7-2-3-10(9-16)5-8-17/h1,4,6,10,17H,2-3,5,7-9H2. The largest absolute Gasteiger partial charge is 0.396 e. The van der Waals surface area contributed by atoms with Crippen LogP contribution in [-0.4, -0.2) is 40.6 Å². The van der Waals surface area contributed by atoms with Crippen LogP contribution in [0.3, 0.4) is 0 Å². The molecule has 0 aromatic carbocycles. The predicted molar refractivity (Wildman–Crippen MR) is 64.5 cm³/mol. The summed E-state index contributed by atoms with van der Waals surface area (Å²) in [6.45, 7) is 1.37. The van der Waals surface area contributed by atoms with E-state index in [0.717, 1.165) is 12.8 Å². The number of aliphatic hydroxyl groups excluding tert-OH is 1. The van der Waals surface area contributed by atoms with Gasteiger partial charge in [-0.3, -0.25) is 4.79 Å². The van der Waals surface area contributed by atoms with Gasteiger partial charge in [-0.1, -0.05) is 0 Å². The first-order chi connectivity index (χ1) is 8.72. The van der Waals surface area contributed by atoms with Crippen LogP contribution in [0.4, 0.5) is 4.39 Å². The topological polar surface area (TPSA) is 53.4 Å². The summed E-state index contributed by atoms with van der Waals surface area (Å²) in [5.41, 5.74) is 0.0298. The number of halogens is 1. The van der Waals surface area contributed by atoms with Gasteiger partial charge in [0.15, 0.2) is 0 Å². The Labute approximate surface area is 105 Å².